The van der Waals surface area contributed by atoms with Crippen LogP contribution in [-0.4, -0.2) is 10.4 Å². The summed E-state index contributed by atoms with van der Waals surface area (Å²) in [7, 11) is 0. The number of fused-ring (bicyclic) bond motifs is 1. The van der Waals surface area contributed by atoms with Crippen LogP contribution in [0.3, 0.4) is 0 Å². The first-order valence-corrected chi connectivity index (χ1v) is 9.80. The fourth-order valence-electron chi connectivity index (χ4n) is 3.61. The quantitative estimate of drug-likeness (QED) is 0.357. The van der Waals surface area contributed by atoms with Gasteiger partial charge in [0, 0.05) is 34.6 Å². The van der Waals surface area contributed by atoms with Crippen molar-refractivity contribution in [2.75, 3.05) is 0 Å². The number of halogens is 1. The summed E-state index contributed by atoms with van der Waals surface area (Å²) in [4.78, 5) is 13.2. The summed E-state index contributed by atoms with van der Waals surface area (Å²) in [6.07, 6.45) is 1.97. The van der Waals surface area contributed by atoms with Crippen molar-refractivity contribution in [3.05, 3.63) is 95.9 Å². The number of rotatable bonds is 4. The third kappa shape index (κ3) is 3.86. The first-order chi connectivity index (χ1) is 13.8. The standard InChI is InChI=1S/C26H24FNO/c1-26(2,3)25(29)23-17-28(16-18-7-5-4-6-8-18)24-14-11-20(15-22(23)24)19-9-12-21(27)13-10-19/h4-15,17H,16H2,1-3H3. The Morgan fingerprint density at radius 1 is 0.897 bits per heavy atom. The average molecular weight is 385 g/mol. The molecule has 146 valence electrons. The highest BCUT2D eigenvalue weighted by atomic mass is 19.1. The molecule has 0 amide bonds. The average Bonchev–Trinajstić information content (AvgIpc) is 3.05. The predicted molar refractivity (Wildman–Crippen MR) is 117 cm³/mol. The Bertz CT molecular complexity index is 1170. The lowest BCUT2D eigenvalue weighted by Crippen LogP contribution is -2.19. The van der Waals surface area contributed by atoms with E-state index in [4.69, 9.17) is 0 Å². The molecule has 1 aromatic heterocycles. The van der Waals surface area contributed by atoms with Crippen LogP contribution in [0, 0.1) is 11.2 Å². The van der Waals surface area contributed by atoms with E-state index < -0.39 is 5.41 Å². The summed E-state index contributed by atoms with van der Waals surface area (Å²) in [5.74, 6) is -0.141. The molecule has 0 atom stereocenters. The summed E-state index contributed by atoms with van der Waals surface area (Å²) in [6.45, 7) is 6.53. The van der Waals surface area contributed by atoms with Crippen LogP contribution in [0.5, 0.6) is 0 Å². The zero-order valence-corrected chi connectivity index (χ0v) is 16.9. The minimum Gasteiger partial charge on any atom is -0.342 e. The Morgan fingerprint density at radius 2 is 1.55 bits per heavy atom. The van der Waals surface area contributed by atoms with E-state index >= 15 is 0 Å². The number of hydrogen-bond acceptors (Lipinski definition) is 1. The molecule has 0 spiro atoms. The van der Waals surface area contributed by atoms with Gasteiger partial charge in [-0.25, -0.2) is 4.39 Å². The van der Waals surface area contributed by atoms with Crippen LogP contribution in [0.1, 0.15) is 36.7 Å². The molecule has 2 nitrogen and oxygen atoms in total. The molecule has 1 heterocycles. The van der Waals surface area contributed by atoms with Gasteiger partial charge in [0.1, 0.15) is 5.82 Å². The van der Waals surface area contributed by atoms with Gasteiger partial charge < -0.3 is 4.57 Å². The number of carbonyl (C=O) groups excluding carboxylic acids is 1. The Labute approximate surface area is 170 Å². The van der Waals surface area contributed by atoms with E-state index in [9.17, 15) is 9.18 Å². The van der Waals surface area contributed by atoms with Gasteiger partial charge in [-0.3, -0.25) is 4.79 Å². The number of hydrogen-bond donors (Lipinski definition) is 0. The van der Waals surface area contributed by atoms with Gasteiger partial charge in [0.05, 0.1) is 0 Å². The second-order valence-corrected chi connectivity index (χ2v) is 8.47. The lowest BCUT2D eigenvalue weighted by molar-refractivity contribution is 0.0860. The molecule has 0 unspecified atom stereocenters. The van der Waals surface area contributed by atoms with E-state index in [2.05, 4.69) is 22.8 Å². The summed E-state index contributed by atoms with van der Waals surface area (Å²) in [5.41, 5.74) is 4.36. The highest BCUT2D eigenvalue weighted by Gasteiger charge is 2.26. The Balaban J connectivity index is 1.87. The number of nitrogens with zero attached hydrogens (tertiary/aromatic N) is 1. The topological polar surface area (TPSA) is 22.0 Å². The normalized spacial score (nSPS) is 11.7. The molecule has 0 radical (unpaired) electrons. The lowest BCUT2D eigenvalue weighted by atomic mass is 9.86. The largest absolute Gasteiger partial charge is 0.342 e. The van der Waals surface area contributed by atoms with E-state index in [1.54, 1.807) is 12.1 Å². The lowest BCUT2D eigenvalue weighted by Gasteiger charge is -2.15. The van der Waals surface area contributed by atoms with Crippen molar-refractivity contribution in [3.8, 4) is 11.1 Å². The van der Waals surface area contributed by atoms with Crippen molar-refractivity contribution in [1.82, 2.24) is 4.57 Å². The van der Waals surface area contributed by atoms with E-state index in [0.29, 0.717) is 6.54 Å². The van der Waals surface area contributed by atoms with E-state index in [-0.39, 0.29) is 11.6 Å². The Kier molecular flexibility index (Phi) is 4.83. The van der Waals surface area contributed by atoms with Crippen LogP contribution in [-0.2, 0) is 6.54 Å². The smallest absolute Gasteiger partial charge is 0.170 e. The summed E-state index contributed by atoms with van der Waals surface area (Å²) in [5, 5.41) is 0.933. The van der Waals surface area contributed by atoms with Gasteiger partial charge in [-0.15, -0.1) is 0 Å². The molecule has 0 aliphatic carbocycles. The monoisotopic (exact) mass is 385 g/mol. The van der Waals surface area contributed by atoms with Crippen molar-refractivity contribution < 1.29 is 9.18 Å². The molecule has 0 saturated heterocycles. The summed E-state index contributed by atoms with van der Waals surface area (Å²) < 4.78 is 15.5. The molecule has 29 heavy (non-hydrogen) atoms. The molecule has 0 bridgehead atoms. The van der Waals surface area contributed by atoms with E-state index in [1.807, 2.05) is 57.3 Å². The number of carbonyl (C=O) groups is 1. The Morgan fingerprint density at radius 3 is 2.21 bits per heavy atom. The highest BCUT2D eigenvalue weighted by Crippen LogP contribution is 2.32. The van der Waals surface area contributed by atoms with Crippen LogP contribution < -0.4 is 0 Å². The van der Waals surface area contributed by atoms with Gasteiger partial charge in [-0.1, -0.05) is 69.3 Å². The van der Waals surface area contributed by atoms with Crippen LogP contribution in [0.15, 0.2) is 79.0 Å². The molecule has 0 N–H and O–H groups in total. The van der Waals surface area contributed by atoms with Crippen molar-refractivity contribution in [1.29, 1.82) is 0 Å². The van der Waals surface area contributed by atoms with Crippen molar-refractivity contribution in [2.24, 2.45) is 5.41 Å². The van der Waals surface area contributed by atoms with Gasteiger partial charge in [0.25, 0.3) is 0 Å². The van der Waals surface area contributed by atoms with Crippen LogP contribution in [0.4, 0.5) is 4.39 Å². The van der Waals surface area contributed by atoms with Gasteiger partial charge in [-0.05, 0) is 41.0 Å². The fourth-order valence-corrected chi connectivity index (χ4v) is 3.61. The maximum absolute atomic E-state index is 13.3. The molecule has 4 aromatic rings. The van der Waals surface area contributed by atoms with Gasteiger partial charge >= 0.3 is 0 Å². The molecule has 3 heteroatoms. The van der Waals surface area contributed by atoms with Crippen LogP contribution in [0.2, 0.25) is 0 Å². The highest BCUT2D eigenvalue weighted by molar-refractivity contribution is 6.11. The molecule has 3 aromatic carbocycles. The first kappa shape index (κ1) is 19.1. The predicted octanol–water partition coefficient (Wildman–Crippen LogP) is 6.72. The second kappa shape index (κ2) is 7.32. The second-order valence-electron chi connectivity index (χ2n) is 8.47. The van der Waals surface area contributed by atoms with Crippen molar-refractivity contribution in [3.63, 3.8) is 0 Å². The zero-order chi connectivity index (χ0) is 20.6. The van der Waals surface area contributed by atoms with Crippen molar-refractivity contribution in [2.45, 2.75) is 27.3 Å². The number of benzene rings is 3. The van der Waals surface area contributed by atoms with Crippen LogP contribution in [0.25, 0.3) is 22.0 Å². The fraction of sp³-hybridized carbons (Fsp3) is 0.192. The zero-order valence-electron chi connectivity index (χ0n) is 16.9. The van der Waals surface area contributed by atoms with Gasteiger partial charge in [0.15, 0.2) is 5.78 Å². The summed E-state index contributed by atoms with van der Waals surface area (Å²) >= 11 is 0. The third-order valence-electron chi connectivity index (χ3n) is 5.18. The maximum Gasteiger partial charge on any atom is 0.170 e. The molecule has 0 saturated carbocycles. The van der Waals surface area contributed by atoms with E-state index in [0.717, 1.165) is 27.6 Å². The molecule has 4 rings (SSSR count). The third-order valence-corrected chi connectivity index (χ3v) is 5.18. The number of ketones is 1. The first-order valence-electron chi connectivity index (χ1n) is 9.80. The van der Waals surface area contributed by atoms with Gasteiger partial charge in [-0.2, -0.15) is 0 Å². The molecule has 0 fully saturated rings. The molecule has 0 aliphatic heterocycles. The van der Waals surface area contributed by atoms with E-state index in [1.165, 1.54) is 17.7 Å². The van der Waals surface area contributed by atoms with Crippen molar-refractivity contribution >= 4 is 16.7 Å². The SMILES string of the molecule is CC(C)(C)C(=O)c1cn(Cc2ccccc2)c2ccc(-c3ccc(F)cc3)cc12. The van der Waals surface area contributed by atoms with Gasteiger partial charge in [0.2, 0.25) is 0 Å². The molecular weight excluding hydrogens is 361 g/mol. The summed E-state index contributed by atoms with van der Waals surface area (Å²) in [6, 6.07) is 22.8. The molecule has 0 aliphatic rings. The minimum absolute atomic E-state index is 0.116. The molecular formula is C26H24FNO. The minimum atomic E-state index is -0.474. The number of aromatic nitrogens is 1. The van der Waals surface area contributed by atoms with Crippen LogP contribution >= 0.6 is 0 Å². The number of Topliss-reactive ketones (excluding diaryl/α,β-unsaturated/α-hetero) is 1. The maximum atomic E-state index is 13.3. The Hall–Kier alpha value is -3.20.